The fourth-order valence-corrected chi connectivity index (χ4v) is 3.55. The van der Waals surface area contributed by atoms with Crippen molar-refractivity contribution in [1.82, 2.24) is 4.90 Å². The van der Waals surface area contributed by atoms with Crippen LogP contribution >= 0.6 is 0 Å². The van der Waals surface area contributed by atoms with Crippen LogP contribution in [-0.4, -0.2) is 32.8 Å². The lowest BCUT2D eigenvalue weighted by Crippen LogP contribution is -2.24. The third-order valence-corrected chi connectivity index (χ3v) is 5.34. The summed E-state index contributed by atoms with van der Waals surface area (Å²) in [5.41, 5.74) is 1.59. The summed E-state index contributed by atoms with van der Waals surface area (Å²) in [7, 11) is -1.83. The molecule has 3 aromatic rings. The molecule has 3 aromatic carbocycles. The number of rotatable bonds is 7. The predicted molar refractivity (Wildman–Crippen MR) is 111 cm³/mol. The van der Waals surface area contributed by atoms with Crippen molar-refractivity contribution in [2.24, 2.45) is 5.14 Å². The second-order valence-corrected chi connectivity index (χ2v) is 8.35. The Morgan fingerprint density at radius 2 is 1.75 bits per heavy atom. The lowest BCUT2D eigenvalue weighted by atomic mass is 10.1. The third-order valence-electron chi connectivity index (χ3n) is 4.43. The molecular formula is C21H23N3O3S. The second kappa shape index (κ2) is 8.52. The Balaban J connectivity index is 1.53. The van der Waals surface area contributed by atoms with Gasteiger partial charge in [0, 0.05) is 25.2 Å². The van der Waals surface area contributed by atoms with Crippen LogP contribution in [0.25, 0.3) is 10.8 Å². The fraction of sp³-hybridized carbons (Fsp3) is 0.190. The van der Waals surface area contributed by atoms with E-state index >= 15 is 0 Å². The van der Waals surface area contributed by atoms with Gasteiger partial charge in [-0.15, -0.1) is 0 Å². The normalized spacial score (nSPS) is 11.7. The predicted octanol–water partition coefficient (Wildman–Crippen LogP) is 2.95. The van der Waals surface area contributed by atoms with Gasteiger partial charge in [-0.2, -0.15) is 0 Å². The average Bonchev–Trinajstić information content (AvgIpc) is 2.66. The van der Waals surface area contributed by atoms with Crippen LogP contribution in [0.2, 0.25) is 0 Å². The molecule has 0 atom stereocenters. The molecule has 0 unspecified atom stereocenters. The van der Waals surface area contributed by atoms with Gasteiger partial charge in [-0.05, 0) is 47.6 Å². The summed E-state index contributed by atoms with van der Waals surface area (Å²) >= 11 is 0. The SMILES string of the molecule is CN(CCC(=O)Nc1cccc(S(N)(=O)=O)c1)Cc1ccc2ccccc2c1. The maximum absolute atomic E-state index is 12.2. The van der Waals surface area contributed by atoms with E-state index in [1.807, 2.05) is 19.2 Å². The van der Waals surface area contributed by atoms with Crippen molar-refractivity contribution in [3.63, 3.8) is 0 Å². The number of carbonyl (C=O) groups excluding carboxylic acids is 1. The van der Waals surface area contributed by atoms with Crippen LogP contribution in [0.4, 0.5) is 5.69 Å². The maximum atomic E-state index is 12.2. The average molecular weight is 398 g/mol. The number of amides is 1. The summed E-state index contributed by atoms with van der Waals surface area (Å²) in [5, 5.41) is 10.2. The number of hydrogen-bond acceptors (Lipinski definition) is 4. The highest BCUT2D eigenvalue weighted by molar-refractivity contribution is 7.89. The van der Waals surface area contributed by atoms with Crippen molar-refractivity contribution in [3.05, 3.63) is 72.3 Å². The Hall–Kier alpha value is -2.74. The molecule has 28 heavy (non-hydrogen) atoms. The quantitative estimate of drug-likeness (QED) is 0.641. The summed E-state index contributed by atoms with van der Waals surface area (Å²) in [5.74, 6) is -0.183. The van der Waals surface area contributed by atoms with Gasteiger partial charge in [0.2, 0.25) is 15.9 Å². The molecule has 3 rings (SSSR count). The zero-order valence-corrected chi connectivity index (χ0v) is 16.4. The van der Waals surface area contributed by atoms with Gasteiger partial charge in [0.05, 0.1) is 4.90 Å². The molecule has 0 bridgehead atoms. The highest BCUT2D eigenvalue weighted by atomic mass is 32.2. The molecule has 0 radical (unpaired) electrons. The number of nitrogens with zero attached hydrogens (tertiary/aromatic N) is 1. The van der Waals surface area contributed by atoms with Crippen LogP contribution in [0.3, 0.4) is 0 Å². The van der Waals surface area contributed by atoms with Gasteiger partial charge in [0.25, 0.3) is 0 Å². The number of hydrogen-bond donors (Lipinski definition) is 2. The zero-order chi connectivity index (χ0) is 20.1. The molecule has 3 N–H and O–H groups in total. The first-order valence-electron chi connectivity index (χ1n) is 8.90. The molecule has 6 nitrogen and oxygen atoms in total. The Labute approximate surface area is 165 Å². The van der Waals surface area contributed by atoms with Gasteiger partial charge >= 0.3 is 0 Å². The van der Waals surface area contributed by atoms with E-state index < -0.39 is 10.0 Å². The van der Waals surface area contributed by atoms with Crippen molar-refractivity contribution >= 4 is 32.4 Å². The number of primary sulfonamides is 1. The fourth-order valence-electron chi connectivity index (χ4n) is 2.99. The van der Waals surface area contributed by atoms with E-state index in [9.17, 15) is 13.2 Å². The molecule has 0 aliphatic heterocycles. The highest BCUT2D eigenvalue weighted by Gasteiger charge is 2.10. The van der Waals surface area contributed by atoms with Crippen molar-refractivity contribution in [3.8, 4) is 0 Å². The van der Waals surface area contributed by atoms with Gasteiger partial charge < -0.3 is 10.2 Å². The van der Waals surface area contributed by atoms with Gasteiger partial charge in [0.1, 0.15) is 0 Å². The van der Waals surface area contributed by atoms with E-state index in [2.05, 4.69) is 40.5 Å². The number of anilines is 1. The Morgan fingerprint density at radius 3 is 2.50 bits per heavy atom. The smallest absolute Gasteiger partial charge is 0.238 e. The molecular weight excluding hydrogens is 374 g/mol. The molecule has 0 aliphatic rings. The number of nitrogens with two attached hydrogens (primary N) is 1. The van der Waals surface area contributed by atoms with E-state index in [-0.39, 0.29) is 10.8 Å². The molecule has 146 valence electrons. The number of carbonyl (C=O) groups is 1. The molecule has 0 aromatic heterocycles. The molecule has 0 saturated heterocycles. The molecule has 0 heterocycles. The zero-order valence-electron chi connectivity index (χ0n) is 15.6. The Kier molecular flexibility index (Phi) is 6.08. The monoisotopic (exact) mass is 397 g/mol. The standard InChI is InChI=1S/C21H23N3O3S/c1-24(15-16-9-10-17-5-2-3-6-18(17)13-16)12-11-21(25)23-19-7-4-8-20(14-19)28(22,26)27/h2-10,13-14H,11-12,15H2,1H3,(H,23,25)(H2,22,26,27). The summed E-state index contributed by atoms with van der Waals surface area (Å²) in [4.78, 5) is 14.2. The van der Waals surface area contributed by atoms with Gasteiger partial charge in [-0.3, -0.25) is 4.79 Å². The van der Waals surface area contributed by atoms with Crippen LogP contribution in [-0.2, 0) is 21.4 Å². The van der Waals surface area contributed by atoms with Crippen molar-refractivity contribution in [2.75, 3.05) is 18.9 Å². The molecule has 0 saturated carbocycles. The first-order valence-corrected chi connectivity index (χ1v) is 10.4. The van der Waals surface area contributed by atoms with Gasteiger partial charge in [-0.25, -0.2) is 13.6 Å². The molecule has 0 fully saturated rings. The van der Waals surface area contributed by atoms with E-state index in [4.69, 9.17) is 5.14 Å². The second-order valence-electron chi connectivity index (χ2n) is 6.79. The largest absolute Gasteiger partial charge is 0.326 e. The van der Waals surface area contributed by atoms with Gasteiger partial charge in [-0.1, -0.05) is 42.5 Å². The highest BCUT2D eigenvalue weighted by Crippen LogP contribution is 2.17. The van der Waals surface area contributed by atoms with Crippen LogP contribution < -0.4 is 10.5 Å². The van der Waals surface area contributed by atoms with E-state index in [1.54, 1.807) is 12.1 Å². The maximum Gasteiger partial charge on any atom is 0.238 e. The third kappa shape index (κ3) is 5.39. The van der Waals surface area contributed by atoms with Crippen molar-refractivity contribution < 1.29 is 13.2 Å². The Bertz CT molecular complexity index is 1100. The minimum atomic E-state index is -3.80. The van der Waals surface area contributed by atoms with Crippen molar-refractivity contribution in [1.29, 1.82) is 0 Å². The first kappa shape index (κ1) is 20.0. The molecule has 1 amide bonds. The van der Waals surface area contributed by atoms with E-state index in [1.165, 1.54) is 28.5 Å². The van der Waals surface area contributed by atoms with Crippen LogP contribution in [0.15, 0.2) is 71.6 Å². The summed E-state index contributed by atoms with van der Waals surface area (Å²) in [6.07, 6.45) is 0.295. The minimum absolute atomic E-state index is 0.0290. The van der Waals surface area contributed by atoms with Crippen molar-refractivity contribution in [2.45, 2.75) is 17.9 Å². The van der Waals surface area contributed by atoms with E-state index in [0.717, 1.165) is 6.54 Å². The summed E-state index contributed by atoms with van der Waals surface area (Å²) in [6.45, 7) is 1.31. The Morgan fingerprint density at radius 1 is 1.00 bits per heavy atom. The lowest BCUT2D eigenvalue weighted by Gasteiger charge is -2.17. The van der Waals surface area contributed by atoms with E-state index in [0.29, 0.717) is 18.7 Å². The van der Waals surface area contributed by atoms with Crippen LogP contribution in [0.5, 0.6) is 0 Å². The number of fused-ring (bicyclic) bond motifs is 1. The van der Waals surface area contributed by atoms with Crippen LogP contribution in [0, 0.1) is 0 Å². The lowest BCUT2D eigenvalue weighted by molar-refractivity contribution is -0.116. The summed E-state index contributed by atoms with van der Waals surface area (Å²) in [6, 6.07) is 20.5. The van der Waals surface area contributed by atoms with Crippen LogP contribution in [0.1, 0.15) is 12.0 Å². The number of sulfonamides is 1. The minimum Gasteiger partial charge on any atom is -0.326 e. The number of benzene rings is 3. The first-order chi connectivity index (χ1) is 13.3. The summed E-state index contributed by atoms with van der Waals surface area (Å²) < 4.78 is 22.8. The molecule has 0 spiro atoms. The topological polar surface area (TPSA) is 92.5 Å². The molecule has 7 heteroatoms. The van der Waals surface area contributed by atoms with Gasteiger partial charge in [0.15, 0.2) is 0 Å². The number of nitrogens with one attached hydrogen (secondary N) is 1. The molecule has 0 aliphatic carbocycles.